The zero-order valence-corrected chi connectivity index (χ0v) is 12.9. The maximum Gasteiger partial charge on any atom is 0.237 e. The Morgan fingerprint density at radius 3 is 2.77 bits per heavy atom. The molecule has 0 bridgehead atoms. The van der Waals surface area contributed by atoms with Gasteiger partial charge in [-0.15, -0.1) is 0 Å². The Morgan fingerprint density at radius 1 is 1.23 bits per heavy atom. The third-order valence-corrected chi connectivity index (χ3v) is 3.79. The summed E-state index contributed by atoms with van der Waals surface area (Å²) < 4.78 is 31.5. The molecule has 0 aliphatic heterocycles. The first-order chi connectivity index (χ1) is 10.5. The molecule has 2 heterocycles. The molecule has 116 valence electrons. The van der Waals surface area contributed by atoms with Crippen molar-refractivity contribution in [3.8, 4) is 0 Å². The van der Waals surface area contributed by atoms with Crippen molar-refractivity contribution in [3.05, 3.63) is 35.5 Å². The van der Waals surface area contributed by atoms with Crippen LogP contribution in [0.4, 0.5) is 8.78 Å². The predicted molar refractivity (Wildman–Crippen MR) is 78.4 cm³/mol. The van der Waals surface area contributed by atoms with Crippen molar-refractivity contribution < 1.29 is 13.3 Å². The van der Waals surface area contributed by atoms with Gasteiger partial charge in [0, 0.05) is 18.6 Å². The molecule has 0 amide bonds. The maximum absolute atomic E-state index is 13.2. The second-order valence-corrected chi connectivity index (χ2v) is 6.28. The fourth-order valence-electron chi connectivity index (χ4n) is 1.98. The predicted octanol–water partition coefficient (Wildman–Crippen LogP) is 3.71. The lowest BCUT2D eigenvalue weighted by Crippen LogP contribution is -1.96. The Labute approximate surface area is 129 Å². The summed E-state index contributed by atoms with van der Waals surface area (Å²) in [5.41, 5.74) is 0.833. The van der Waals surface area contributed by atoms with Gasteiger partial charge in [0.15, 0.2) is 22.6 Å². The largest absolute Gasteiger partial charge is 0.338 e. The first-order valence-electron chi connectivity index (χ1n) is 6.80. The van der Waals surface area contributed by atoms with Crippen LogP contribution in [0.5, 0.6) is 0 Å². The number of hydrogen-bond acceptors (Lipinski definition) is 5. The van der Waals surface area contributed by atoms with E-state index in [-0.39, 0.29) is 0 Å². The fraction of sp³-hybridized carbons (Fsp3) is 0.357. The molecule has 0 saturated carbocycles. The van der Waals surface area contributed by atoms with E-state index in [1.54, 1.807) is 0 Å². The summed E-state index contributed by atoms with van der Waals surface area (Å²) in [4.78, 5) is 11.4. The van der Waals surface area contributed by atoms with Crippen molar-refractivity contribution in [1.29, 1.82) is 0 Å². The van der Waals surface area contributed by atoms with E-state index in [9.17, 15) is 8.78 Å². The minimum absolute atomic E-state index is 0.382. The van der Waals surface area contributed by atoms with Crippen LogP contribution >= 0.6 is 11.8 Å². The van der Waals surface area contributed by atoms with Crippen LogP contribution in [0.2, 0.25) is 0 Å². The lowest BCUT2D eigenvalue weighted by Gasteiger charge is -1.96. The highest BCUT2D eigenvalue weighted by atomic mass is 32.2. The molecule has 0 radical (unpaired) electrons. The van der Waals surface area contributed by atoms with E-state index in [0.29, 0.717) is 39.6 Å². The smallest absolute Gasteiger partial charge is 0.237 e. The van der Waals surface area contributed by atoms with E-state index in [1.165, 1.54) is 11.8 Å². The van der Waals surface area contributed by atoms with E-state index in [4.69, 9.17) is 4.52 Å². The summed E-state index contributed by atoms with van der Waals surface area (Å²) in [6.07, 6.45) is 0.761. The molecule has 8 heteroatoms. The van der Waals surface area contributed by atoms with E-state index < -0.39 is 11.6 Å². The summed E-state index contributed by atoms with van der Waals surface area (Å²) in [5.74, 6) is 0.264. The number of benzene rings is 1. The molecule has 0 aliphatic rings. The number of fused-ring (bicyclic) bond motifs is 1. The second kappa shape index (κ2) is 6.04. The maximum atomic E-state index is 13.2. The number of nitrogens with zero attached hydrogens (tertiary/aromatic N) is 3. The number of thioether (sulfide) groups is 1. The van der Waals surface area contributed by atoms with Crippen LogP contribution < -0.4 is 0 Å². The van der Waals surface area contributed by atoms with Gasteiger partial charge in [-0.05, 0) is 5.92 Å². The van der Waals surface area contributed by atoms with Gasteiger partial charge in [0.1, 0.15) is 0 Å². The Hall–Kier alpha value is -1.96. The first kappa shape index (κ1) is 15.0. The molecule has 0 aliphatic carbocycles. The average Bonchev–Trinajstić information content (AvgIpc) is 3.03. The van der Waals surface area contributed by atoms with E-state index in [1.807, 2.05) is 0 Å². The highest BCUT2D eigenvalue weighted by molar-refractivity contribution is 7.98. The lowest BCUT2D eigenvalue weighted by atomic mass is 10.1. The van der Waals surface area contributed by atoms with Gasteiger partial charge in [-0.2, -0.15) is 4.98 Å². The number of rotatable bonds is 5. The molecule has 2 aromatic heterocycles. The van der Waals surface area contributed by atoms with Crippen molar-refractivity contribution in [1.82, 2.24) is 20.1 Å². The van der Waals surface area contributed by atoms with Crippen molar-refractivity contribution >= 4 is 22.8 Å². The average molecular weight is 324 g/mol. The number of H-pyrrole nitrogens is 1. The molecule has 1 aromatic carbocycles. The van der Waals surface area contributed by atoms with Crippen LogP contribution in [-0.2, 0) is 12.2 Å². The molecule has 22 heavy (non-hydrogen) atoms. The van der Waals surface area contributed by atoms with Crippen molar-refractivity contribution in [2.75, 3.05) is 0 Å². The molecule has 3 aromatic rings. The van der Waals surface area contributed by atoms with Gasteiger partial charge in [-0.1, -0.05) is 30.8 Å². The number of nitrogens with one attached hydrogen (secondary N) is 1. The van der Waals surface area contributed by atoms with Gasteiger partial charge < -0.3 is 9.51 Å². The summed E-state index contributed by atoms with van der Waals surface area (Å²) in [6, 6.07) is 2.16. The number of hydrogen-bond donors (Lipinski definition) is 1. The topological polar surface area (TPSA) is 67.6 Å². The van der Waals surface area contributed by atoms with Crippen LogP contribution in [-0.4, -0.2) is 20.1 Å². The summed E-state index contributed by atoms with van der Waals surface area (Å²) >= 11 is 1.34. The summed E-state index contributed by atoms with van der Waals surface area (Å²) in [6.45, 7) is 4.16. The highest BCUT2D eigenvalue weighted by Gasteiger charge is 2.12. The molecule has 0 unspecified atom stereocenters. The molecule has 1 N–H and O–H groups in total. The van der Waals surface area contributed by atoms with Crippen LogP contribution in [0.25, 0.3) is 11.0 Å². The molecule has 0 fully saturated rings. The van der Waals surface area contributed by atoms with Gasteiger partial charge in [-0.25, -0.2) is 13.8 Å². The van der Waals surface area contributed by atoms with Crippen LogP contribution in [0.15, 0.2) is 21.8 Å². The Balaban J connectivity index is 1.69. The van der Waals surface area contributed by atoms with Crippen LogP contribution in [0.3, 0.4) is 0 Å². The van der Waals surface area contributed by atoms with Crippen LogP contribution in [0.1, 0.15) is 25.6 Å². The molecule has 0 saturated heterocycles. The van der Waals surface area contributed by atoms with Crippen molar-refractivity contribution in [3.63, 3.8) is 0 Å². The lowest BCUT2D eigenvalue weighted by molar-refractivity contribution is 0.382. The first-order valence-corrected chi connectivity index (χ1v) is 7.79. The molecule has 0 spiro atoms. The van der Waals surface area contributed by atoms with Gasteiger partial charge in [-0.3, -0.25) is 0 Å². The normalized spacial score (nSPS) is 11.7. The van der Waals surface area contributed by atoms with E-state index in [0.717, 1.165) is 18.6 Å². The quantitative estimate of drug-likeness (QED) is 0.725. The van der Waals surface area contributed by atoms with Gasteiger partial charge in [0.2, 0.25) is 5.89 Å². The minimum atomic E-state index is -0.911. The minimum Gasteiger partial charge on any atom is -0.338 e. The molecule has 3 rings (SSSR count). The number of halogens is 2. The standard InChI is InChI=1S/C14H14F2N4OS/c1-7(2)3-12-19-13(21-20-12)6-22-14-17-10-4-8(15)9(16)5-11(10)18-14/h4-5,7H,3,6H2,1-2H3,(H,17,18). The molecular weight excluding hydrogens is 310 g/mol. The summed E-state index contributed by atoms with van der Waals surface area (Å²) in [5, 5.41) is 4.45. The van der Waals surface area contributed by atoms with Gasteiger partial charge in [0.05, 0.1) is 16.8 Å². The third kappa shape index (κ3) is 3.27. The fourth-order valence-corrected chi connectivity index (χ4v) is 2.70. The third-order valence-electron chi connectivity index (χ3n) is 2.94. The number of imidazole rings is 1. The second-order valence-electron chi connectivity index (χ2n) is 5.32. The Bertz CT molecular complexity index is 760. The van der Waals surface area contributed by atoms with Crippen LogP contribution in [0, 0.1) is 17.6 Å². The van der Waals surface area contributed by atoms with Gasteiger partial charge in [0.25, 0.3) is 0 Å². The van der Waals surface area contributed by atoms with Crippen molar-refractivity contribution in [2.24, 2.45) is 5.92 Å². The van der Waals surface area contributed by atoms with E-state index >= 15 is 0 Å². The zero-order valence-electron chi connectivity index (χ0n) is 12.1. The summed E-state index contributed by atoms with van der Waals surface area (Å²) in [7, 11) is 0. The number of aromatic amines is 1. The highest BCUT2D eigenvalue weighted by Crippen LogP contribution is 2.24. The zero-order chi connectivity index (χ0) is 15.7. The Morgan fingerprint density at radius 2 is 2.00 bits per heavy atom. The monoisotopic (exact) mass is 324 g/mol. The molecule has 5 nitrogen and oxygen atoms in total. The van der Waals surface area contributed by atoms with Crippen molar-refractivity contribution in [2.45, 2.75) is 31.2 Å². The van der Waals surface area contributed by atoms with Gasteiger partial charge >= 0.3 is 0 Å². The molecular formula is C14H14F2N4OS. The Kier molecular flexibility index (Phi) is 4.10. The van der Waals surface area contributed by atoms with E-state index in [2.05, 4.69) is 34.0 Å². The SMILES string of the molecule is CC(C)Cc1noc(CSc2nc3cc(F)c(F)cc3[nH]2)n1. The molecule has 0 atom stereocenters. The number of aromatic nitrogens is 4.